The highest BCUT2D eigenvalue weighted by Crippen LogP contribution is 2.32. The van der Waals surface area contributed by atoms with Gasteiger partial charge in [0.1, 0.15) is 11.5 Å². The minimum Gasteiger partial charge on any atom is -0.403 e. The Morgan fingerprint density at radius 2 is 1.74 bits per heavy atom. The molecule has 0 spiro atoms. The fraction of sp³-hybridized carbons (Fsp3) is 0.560. The van der Waals surface area contributed by atoms with E-state index in [2.05, 4.69) is 25.3 Å². The van der Waals surface area contributed by atoms with Gasteiger partial charge >= 0.3 is 12.5 Å². The molecule has 242 valence electrons. The number of nitrogens with one attached hydrogen (secondary N) is 3. The number of hydrazine groups is 1. The Morgan fingerprint density at radius 3 is 2.30 bits per heavy atom. The highest BCUT2D eigenvalue weighted by Gasteiger charge is 2.31. The summed E-state index contributed by atoms with van der Waals surface area (Å²) in [6.45, 7) is -1.39. The van der Waals surface area contributed by atoms with Crippen molar-refractivity contribution < 1.29 is 49.4 Å². The molecule has 0 radical (unpaired) electrons. The topological polar surface area (TPSA) is 151 Å². The summed E-state index contributed by atoms with van der Waals surface area (Å²) in [6.07, 6.45) is -7.64. The molecular weight excluding hydrogens is 598 g/mol. The Balaban J connectivity index is 0.000000694. The maximum atomic E-state index is 12.3. The van der Waals surface area contributed by atoms with E-state index in [1.54, 1.807) is 18.2 Å². The van der Waals surface area contributed by atoms with Gasteiger partial charge in [-0.15, -0.1) is 13.2 Å². The third kappa shape index (κ3) is 13.9. The number of halogens is 8. The number of benzene rings is 1. The van der Waals surface area contributed by atoms with Gasteiger partial charge in [-0.1, -0.05) is 12.5 Å². The van der Waals surface area contributed by atoms with Gasteiger partial charge in [-0.3, -0.25) is 14.3 Å². The number of carbonyl (C=O) groups excluding carboxylic acids is 2. The first-order valence-electron chi connectivity index (χ1n) is 13.1. The first kappa shape index (κ1) is 35.5. The zero-order valence-corrected chi connectivity index (χ0v) is 22.9. The van der Waals surface area contributed by atoms with Crippen LogP contribution < -0.4 is 22.2 Å². The molecule has 43 heavy (non-hydrogen) atoms. The number of nitrogens with two attached hydrogens (primary N) is 2. The fourth-order valence-corrected chi connectivity index (χ4v) is 3.85. The average molecular weight is 632 g/mol. The number of H-pyrrole nitrogens is 1. The second kappa shape index (κ2) is 15.7. The van der Waals surface area contributed by atoms with Crippen LogP contribution in [0, 0.1) is 0 Å². The van der Waals surface area contributed by atoms with Gasteiger partial charge in [0, 0.05) is 32.0 Å². The van der Waals surface area contributed by atoms with Crippen molar-refractivity contribution in [2.24, 2.45) is 11.6 Å². The van der Waals surface area contributed by atoms with Crippen LogP contribution in [0.5, 0.6) is 0 Å². The lowest BCUT2D eigenvalue weighted by Crippen LogP contribution is -2.41. The molecule has 1 fully saturated rings. The summed E-state index contributed by atoms with van der Waals surface area (Å²) >= 11 is 0. The Kier molecular flexibility index (Phi) is 13.0. The number of nitrogens with zero attached hydrogens (tertiary/aromatic N) is 2. The van der Waals surface area contributed by atoms with Gasteiger partial charge in [0.05, 0.1) is 37.2 Å². The summed E-state index contributed by atoms with van der Waals surface area (Å²) in [4.78, 5) is 31.0. The summed E-state index contributed by atoms with van der Waals surface area (Å²) < 4.78 is 101. The minimum absolute atomic E-state index is 0.00671. The van der Waals surface area contributed by atoms with Gasteiger partial charge in [0.25, 0.3) is 5.91 Å². The van der Waals surface area contributed by atoms with Crippen LogP contribution >= 0.6 is 0 Å². The molecule has 1 aliphatic carbocycles. The Morgan fingerprint density at radius 1 is 1.07 bits per heavy atom. The number of fused-ring (bicyclic) bond motifs is 1. The van der Waals surface area contributed by atoms with Gasteiger partial charge in [-0.05, 0) is 30.5 Å². The molecule has 0 saturated heterocycles. The smallest absolute Gasteiger partial charge is 0.403 e. The van der Waals surface area contributed by atoms with Gasteiger partial charge in [0.2, 0.25) is 11.8 Å². The lowest BCUT2D eigenvalue weighted by atomic mass is 9.97. The van der Waals surface area contributed by atoms with Crippen LogP contribution in [0.1, 0.15) is 56.3 Å². The Bertz CT molecular complexity index is 1220. The molecule has 7 N–H and O–H groups in total. The van der Waals surface area contributed by atoms with Crippen LogP contribution in [0.4, 0.5) is 35.1 Å². The van der Waals surface area contributed by atoms with Crippen LogP contribution in [0.25, 0.3) is 11.0 Å². The molecule has 0 atom stereocenters. The molecular formula is C25H33F8N7O3. The van der Waals surface area contributed by atoms with Crippen LogP contribution in [-0.4, -0.2) is 58.4 Å². The zero-order chi connectivity index (χ0) is 32.3. The van der Waals surface area contributed by atoms with E-state index in [0.717, 1.165) is 12.6 Å². The minimum atomic E-state index is -4.84. The van der Waals surface area contributed by atoms with E-state index in [0.29, 0.717) is 40.3 Å². The number of hydrogen-bond acceptors (Lipinski definition) is 7. The normalized spacial score (nSPS) is 15.4. The highest BCUT2D eigenvalue weighted by atomic mass is 19.4. The fourth-order valence-electron chi connectivity index (χ4n) is 3.85. The Labute approximate surface area is 241 Å². The van der Waals surface area contributed by atoms with Gasteiger partial charge < -0.3 is 26.4 Å². The first-order chi connectivity index (χ1) is 20.0. The summed E-state index contributed by atoms with van der Waals surface area (Å²) in [5, 5.41) is 5.57. The molecule has 1 aromatic carbocycles. The number of aromatic nitrogens is 2. The summed E-state index contributed by atoms with van der Waals surface area (Å²) in [5.41, 5.74) is 6.71. The monoisotopic (exact) mass is 631 g/mol. The molecule has 10 nitrogen and oxygen atoms in total. The number of imidazole rings is 1. The van der Waals surface area contributed by atoms with E-state index in [1.807, 2.05) is 0 Å². The van der Waals surface area contributed by atoms with Gasteiger partial charge in [-0.2, -0.15) is 13.2 Å². The van der Waals surface area contributed by atoms with Crippen molar-refractivity contribution >= 4 is 22.8 Å². The van der Waals surface area contributed by atoms with Crippen LogP contribution in [0.15, 0.2) is 30.1 Å². The molecule has 1 aliphatic rings. The molecule has 0 unspecified atom stereocenters. The maximum absolute atomic E-state index is 12.3. The predicted octanol–water partition coefficient (Wildman–Crippen LogP) is 4.24. The molecule has 3 rings (SSSR count). The number of hydrogen-bond donors (Lipinski definition) is 5. The number of rotatable bonds is 11. The van der Waals surface area contributed by atoms with Crippen molar-refractivity contribution in [1.82, 2.24) is 25.6 Å². The zero-order valence-electron chi connectivity index (χ0n) is 22.9. The maximum Gasteiger partial charge on any atom is 0.522 e. The summed E-state index contributed by atoms with van der Waals surface area (Å²) in [7, 11) is 0. The molecule has 1 saturated carbocycles. The van der Waals surface area contributed by atoms with Crippen molar-refractivity contribution in [1.29, 1.82) is 0 Å². The van der Waals surface area contributed by atoms with Gasteiger partial charge in [0.15, 0.2) is 0 Å². The van der Waals surface area contributed by atoms with E-state index >= 15 is 0 Å². The molecule has 1 aromatic heterocycles. The van der Waals surface area contributed by atoms with Gasteiger partial charge in [-0.25, -0.2) is 19.6 Å². The summed E-state index contributed by atoms with van der Waals surface area (Å²) in [5.74, 6) is 2.05. The van der Waals surface area contributed by atoms with Crippen molar-refractivity contribution in [3.05, 3.63) is 41.5 Å². The highest BCUT2D eigenvalue weighted by molar-refractivity contribution is 5.92. The number of ether oxygens (including phenoxy) is 1. The number of carbonyl (C=O) groups is 2. The van der Waals surface area contributed by atoms with Crippen molar-refractivity contribution in [3.8, 4) is 0 Å². The number of aromatic amines is 1. The van der Waals surface area contributed by atoms with E-state index in [9.17, 15) is 44.7 Å². The van der Waals surface area contributed by atoms with E-state index in [1.165, 1.54) is 0 Å². The molecule has 0 bridgehead atoms. The van der Waals surface area contributed by atoms with E-state index < -0.39 is 56.3 Å². The molecule has 0 aliphatic heterocycles. The summed E-state index contributed by atoms with van der Waals surface area (Å²) in [6, 6.07) is 4.87. The van der Waals surface area contributed by atoms with Crippen LogP contribution in [0.2, 0.25) is 0 Å². The lowest BCUT2D eigenvalue weighted by Gasteiger charge is -2.21. The van der Waals surface area contributed by atoms with Crippen LogP contribution in [0.3, 0.4) is 0 Å². The third-order valence-corrected chi connectivity index (χ3v) is 6.02. The SMILES string of the molecule is FC1(F)CCCCC1.N/C=C(/C(=O)NCc1nc2ccc(CNC(=O)CCC(F)(F)F)cc2[nH]1)N(N)CCOC(F)(F)F. The third-order valence-electron chi connectivity index (χ3n) is 6.02. The predicted molar refractivity (Wildman–Crippen MR) is 138 cm³/mol. The second-order valence-corrected chi connectivity index (χ2v) is 9.57. The quantitative estimate of drug-likeness (QED) is 0.108. The van der Waals surface area contributed by atoms with Crippen molar-refractivity contribution in [3.63, 3.8) is 0 Å². The largest absolute Gasteiger partial charge is 0.522 e. The number of alkyl halides is 8. The van der Waals surface area contributed by atoms with Crippen LogP contribution in [-0.2, 0) is 27.4 Å². The molecule has 2 amide bonds. The molecule has 1 heterocycles. The average Bonchev–Trinajstić information content (AvgIpc) is 3.31. The first-order valence-corrected chi connectivity index (χ1v) is 13.1. The number of amides is 2. The van der Waals surface area contributed by atoms with E-state index in [-0.39, 0.29) is 31.6 Å². The van der Waals surface area contributed by atoms with Crippen molar-refractivity contribution in [2.75, 3.05) is 13.2 Å². The molecule has 2 aromatic rings. The standard InChI is InChI=1S/C19H23F6N7O3.C6H10F2/c20-18(21,22)4-3-16(33)28-9-11-1-2-12-13(7-11)31-15(30-12)10-29-17(34)14(8-26)32(27)5-6-35-19(23,24)25;7-6(8)4-2-1-3-5-6/h1-2,7-8H,3-6,9-10,26-27H2,(H,28,33)(H,29,34)(H,30,31);1-5H2/b14-8-;. The second-order valence-electron chi connectivity index (χ2n) is 9.57. The van der Waals surface area contributed by atoms with E-state index in [4.69, 9.17) is 11.6 Å². The molecule has 18 heteroatoms. The van der Waals surface area contributed by atoms with Crippen molar-refractivity contribution in [2.45, 2.75) is 76.5 Å². The lowest BCUT2D eigenvalue weighted by molar-refractivity contribution is -0.324. The Hall–Kier alpha value is -3.67.